The highest BCUT2D eigenvalue weighted by Crippen LogP contribution is 2.16. The molecule has 1 aromatic heterocycles. The van der Waals surface area contributed by atoms with E-state index < -0.39 is 0 Å². The summed E-state index contributed by atoms with van der Waals surface area (Å²) in [6.07, 6.45) is 0. The maximum Gasteiger partial charge on any atom is 0.338 e. The monoisotopic (exact) mass is 275 g/mol. The zero-order valence-electron chi connectivity index (χ0n) is 11.8. The Bertz CT molecular complexity index is 567. The molecule has 2 rings (SSSR count). The Morgan fingerprint density at radius 2 is 1.95 bits per heavy atom. The van der Waals surface area contributed by atoms with Gasteiger partial charge in [-0.15, -0.1) is 0 Å². The molecule has 106 valence electrons. The summed E-state index contributed by atoms with van der Waals surface area (Å²) in [4.78, 5) is 15.7. The molecule has 0 spiro atoms. The van der Waals surface area contributed by atoms with Crippen LogP contribution in [0.25, 0.3) is 0 Å². The number of benzene rings is 1. The van der Waals surface area contributed by atoms with Gasteiger partial charge in [-0.2, -0.15) is 0 Å². The number of hydrogen-bond donors (Lipinski definition) is 0. The van der Waals surface area contributed by atoms with Crippen LogP contribution in [0.3, 0.4) is 0 Å². The molecular weight excluding hydrogens is 258 g/mol. The number of aryl methyl sites for hydroxylation is 2. The first-order valence-corrected chi connectivity index (χ1v) is 6.43. The predicted octanol–water partition coefficient (Wildman–Crippen LogP) is 3.05. The number of oxazole rings is 1. The number of ether oxygens (including phenoxy) is 2. The van der Waals surface area contributed by atoms with E-state index in [0.29, 0.717) is 23.8 Å². The number of aromatic nitrogens is 1. The van der Waals surface area contributed by atoms with Crippen molar-refractivity contribution in [2.24, 2.45) is 0 Å². The largest absolute Gasteiger partial charge is 0.484 e. The molecule has 0 bridgehead atoms. The second-order valence-corrected chi connectivity index (χ2v) is 4.28. The molecule has 5 nitrogen and oxygen atoms in total. The van der Waals surface area contributed by atoms with Gasteiger partial charge in [-0.05, 0) is 45.0 Å². The fourth-order valence-electron chi connectivity index (χ4n) is 1.65. The molecule has 0 unspecified atom stereocenters. The fraction of sp³-hybridized carbons (Fsp3) is 0.333. The van der Waals surface area contributed by atoms with Crippen LogP contribution in [0.15, 0.2) is 28.7 Å². The average Bonchev–Trinajstić information content (AvgIpc) is 2.76. The van der Waals surface area contributed by atoms with Gasteiger partial charge in [-0.25, -0.2) is 9.78 Å². The minimum atomic E-state index is -0.335. The van der Waals surface area contributed by atoms with Crippen molar-refractivity contribution in [1.29, 1.82) is 0 Å². The van der Waals surface area contributed by atoms with Crippen LogP contribution in [-0.2, 0) is 11.3 Å². The van der Waals surface area contributed by atoms with Gasteiger partial charge in [0, 0.05) is 0 Å². The molecule has 0 aliphatic carbocycles. The first-order chi connectivity index (χ1) is 9.60. The SMILES string of the molecule is CCOC(=O)c1ccc(OCc2nc(C)c(C)o2)cc1. The highest BCUT2D eigenvalue weighted by atomic mass is 16.5. The Morgan fingerprint density at radius 1 is 1.25 bits per heavy atom. The quantitative estimate of drug-likeness (QED) is 0.785. The predicted molar refractivity (Wildman–Crippen MR) is 72.7 cm³/mol. The van der Waals surface area contributed by atoms with Gasteiger partial charge in [0.2, 0.25) is 5.89 Å². The lowest BCUT2D eigenvalue weighted by Crippen LogP contribution is -2.04. The lowest BCUT2D eigenvalue weighted by atomic mass is 10.2. The van der Waals surface area contributed by atoms with Crippen molar-refractivity contribution in [1.82, 2.24) is 4.98 Å². The number of nitrogens with zero attached hydrogens (tertiary/aromatic N) is 1. The molecule has 1 heterocycles. The summed E-state index contributed by atoms with van der Waals surface area (Å²) >= 11 is 0. The highest BCUT2D eigenvalue weighted by Gasteiger charge is 2.08. The molecule has 20 heavy (non-hydrogen) atoms. The van der Waals surface area contributed by atoms with Crippen LogP contribution in [-0.4, -0.2) is 17.6 Å². The second-order valence-electron chi connectivity index (χ2n) is 4.28. The van der Waals surface area contributed by atoms with E-state index in [1.54, 1.807) is 31.2 Å². The normalized spacial score (nSPS) is 10.3. The van der Waals surface area contributed by atoms with Gasteiger partial charge in [-0.3, -0.25) is 0 Å². The van der Waals surface area contributed by atoms with Crippen LogP contribution in [0.1, 0.15) is 34.6 Å². The van der Waals surface area contributed by atoms with Crippen molar-refractivity contribution in [3.05, 3.63) is 47.2 Å². The van der Waals surface area contributed by atoms with E-state index in [4.69, 9.17) is 13.9 Å². The molecule has 0 radical (unpaired) electrons. The van der Waals surface area contributed by atoms with Crippen molar-refractivity contribution in [2.75, 3.05) is 6.61 Å². The standard InChI is InChI=1S/C15H17NO4/c1-4-18-15(17)12-5-7-13(8-6-12)19-9-14-16-10(2)11(3)20-14/h5-8H,4,9H2,1-3H3. The Kier molecular flexibility index (Phi) is 4.40. The molecule has 0 saturated heterocycles. The first kappa shape index (κ1) is 14.1. The molecule has 1 aromatic carbocycles. The summed E-state index contributed by atoms with van der Waals surface area (Å²) in [7, 11) is 0. The van der Waals surface area contributed by atoms with Crippen molar-refractivity contribution < 1.29 is 18.7 Å². The van der Waals surface area contributed by atoms with Crippen LogP contribution in [0, 0.1) is 13.8 Å². The average molecular weight is 275 g/mol. The molecule has 0 aliphatic rings. The molecule has 0 atom stereocenters. The van der Waals surface area contributed by atoms with E-state index >= 15 is 0 Å². The van der Waals surface area contributed by atoms with Crippen molar-refractivity contribution in [2.45, 2.75) is 27.4 Å². The molecule has 0 amide bonds. The maximum absolute atomic E-state index is 11.5. The molecule has 5 heteroatoms. The zero-order chi connectivity index (χ0) is 14.5. The molecule has 0 N–H and O–H groups in total. The smallest absolute Gasteiger partial charge is 0.338 e. The van der Waals surface area contributed by atoms with Crippen LogP contribution >= 0.6 is 0 Å². The van der Waals surface area contributed by atoms with E-state index in [1.807, 2.05) is 13.8 Å². The number of hydrogen-bond acceptors (Lipinski definition) is 5. The molecule has 0 aliphatic heterocycles. The van der Waals surface area contributed by atoms with Crippen molar-refractivity contribution >= 4 is 5.97 Å². The van der Waals surface area contributed by atoms with Crippen LogP contribution in [0.5, 0.6) is 5.75 Å². The van der Waals surface area contributed by atoms with E-state index in [1.165, 1.54) is 0 Å². The lowest BCUT2D eigenvalue weighted by molar-refractivity contribution is 0.0526. The summed E-state index contributed by atoms with van der Waals surface area (Å²) in [5.41, 5.74) is 1.36. The van der Waals surface area contributed by atoms with Gasteiger partial charge in [0.05, 0.1) is 17.9 Å². The van der Waals surface area contributed by atoms with Gasteiger partial charge in [0.15, 0.2) is 6.61 Å². The number of carbonyl (C=O) groups excluding carboxylic acids is 1. The third-order valence-corrected chi connectivity index (χ3v) is 2.80. The van der Waals surface area contributed by atoms with Gasteiger partial charge >= 0.3 is 5.97 Å². The first-order valence-electron chi connectivity index (χ1n) is 6.43. The Balaban J connectivity index is 1.95. The lowest BCUT2D eigenvalue weighted by Gasteiger charge is -2.05. The van der Waals surface area contributed by atoms with Crippen molar-refractivity contribution in [3.8, 4) is 5.75 Å². The summed E-state index contributed by atoms with van der Waals surface area (Å²) in [6.45, 7) is 6.14. The van der Waals surface area contributed by atoms with Crippen LogP contribution in [0.2, 0.25) is 0 Å². The van der Waals surface area contributed by atoms with E-state index in [9.17, 15) is 4.79 Å². The minimum Gasteiger partial charge on any atom is -0.484 e. The van der Waals surface area contributed by atoms with E-state index in [2.05, 4.69) is 4.98 Å². The number of carbonyl (C=O) groups is 1. The van der Waals surface area contributed by atoms with Crippen LogP contribution in [0.4, 0.5) is 0 Å². The molecule has 0 saturated carbocycles. The molecular formula is C15H17NO4. The van der Waals surface area contributed by atoms with Crippen LogP contribution < -0.4 is 4.74 Å². The highest BCUT2D eigenvalue weighted by molar-refractivity contribution is 5.89. The Morgan fingerprint density at radius 3 is 2.50 bits per heavy atom. The second kappa shape index (κ2) is 6.23. The Labute approximate surface area is 117 Å². The van der Waals surface area contributed by atoms with E-state index in [-0.39, 0.29) is 12.6 Å². The summed E-state index contributed by atoms with van der Waals surface area (Å²) in [6, 6.07) is 6.77. The number of esters is 1. The third kappa shape index (κ3) is 3.38. The van der Waals surface area contributed by atoms with Gasteiger partial charge in [0.1, 0.15) is 11.5 Å². The van der Waals surface area contributed by atoms with Gasteiger partial charge < -0.3 is 13.9 Å². The van der Waals surface area contributed by atoms with Gasteiger partial charge in [0.25, 0.3) is 0 Å². The molecule has 2 aromatic rings. The van der Waals surface area contributed by atoms with Gasteiger partial charge in [-0.1, -0.05) is 0 Å². The Hall–Kier alpha value is -2.30. The number of rotatable bonds is 5. The van der Waals surface area contributed by atoms with E-state index in [0.717, 1.165) is 11.5 Å². The third-order valence-electron chi connectivity index (χ3n) is 2.80. The zero-order valence-corrected chi connectivity index (χ0v) is 11.8. The topological polar surface area (TPSA) is 61.6 Å². The minimum absolute atomic E-state index is 0.257. The molecule has 0 fully saturated rings. The summed E-state index contributed by atoms with van der Waals surface area (Å²) < 4.78 is 15.9. The summed E-state index contributed by atoms with van der Waals surface area (Å²) in [5, 5.41) is 0. The summed E-state index contributed by atoms with van der Waals surface area (Å²) in [5.74, 6) is 1.64. The fourth-order valence-corrected chi connectivity index (χ4v) is 1.65. The van der Waals surface area contributed by atoms with Crippen molar-refractivity contribution in [3.63, 3.8) is 0 Å². The maximum atomic E-state index is 11.5.